The summed E-state index contributed by atoms with van der Waals surface area (Å²) in [5.74, 6) is -2.57. The number of pyridine rings is 1. The molecule has 0 atom stereocenters. The molecule has 2 heterocycles. The fourth-order valence-corrected chi connectivity index (χ4v) is 2.82. The van der Waals surface area contributed by atoms with Crippen LogP contribution in [0, 0.1) is 11.6 Å². The van der Waals surface area contributed by atoms with E-state index >= 15 is 0 Å². The highest BCUT2D eigenvalue weighted by Gasteiger charge is 2.18. The molecule has 3 rings (SSSR count). The van der Waals surface area contributed by atoms with Crippen molar-refractivity contribution in [2.75, 3.05) is 5.32 Å². The first-order valence-corrected chi connectivity index (χ1v) is 8.99. The van der Waals surface area contributed by atoms with E-state index in [1.165, 1.54) is 18.7 Å². The number of allylic oxidation sites excluding steroid dienone is 1. The van der Waals surface area contributed by atoms with Crippen LogP contribution in [0.2, 0.25) is 5.02 Å². The van der Waals surface area contributed by atoms with Crippen molar-refractivity contribution >= 4 is 29.1 Å². The Kier molecular flexibility index (Phi) is 6.48. The normalized spacial score (nSPS) is 11.1. The van der Waals surface area contributed by atoms with Crippen molar-refractivity contribution in [3.63, 3.8) is 0 Å². The van der Waals surface area contributed by atoms with Gasteiger partial charge < -0.3 is 10.1 Å². The van der Waals surface area contributed by atoms with E-state index in [1.54, 1.807) is 24.3 Å². The van der Waals surface area contributed by atoms with Gasteiger partial charge in [0.1, 0.15) is 11.3 Å². The largest absolute Gasteiger partial charge is 0.465 e. The molecular formula is C21H15ClF2N4O2. The van der Waals surface area contributed by atoms with Crippen LogP contribution < -0.4 is 5.32 Å². The molecule has 1 N–H and O–H groups in total. The second-order valence-electron chi connectivity index (χ2n) is 5.85. The molecule has 152 valence electrons. The summed E-state index contributed by atoms with van der Waals surface area (Å²) in [6.07, 6.45) is 7.22. The Balaban J connectivity index is 1.86. The van der Waals surface area contributed by atoms with Crippen LogP contribution in [0.15, 0.2) is 61.9 Å². The Morgan fingerprint density at radius 1 is 1.17 bits per heavy atom. The van der Waals surface area contributed by atoms with Gasteiger partial charge in [0.25, 0.3) is 5.91 Å². The maximum atomic E-state index is 13.7. The molecule has 0 aliphatic heterocycles. The van der Waals surface area contributed by atoms with Gasteiger partial charge in [-0.2, -0.15) is 0 Å². The van der Waals surface area contributed by atoms with Crippen LogP contribution in [0.3, 0.4) is 0 Å². The van der Waals surface area contributed by atoms with E-state index in [4.69, 9.17) is 16.3 Å². The van der Waals surface area contributed by atoms with E-state index in [2.05, 4.69) is 26.8 Å². The summed E-state index contributed by atoms with van der Waals surface area (Å²) in [7, 11) is 0. The molecule has 0 aliphatic carbocycles. The predicted octanol–water partition coefficient (Wildman–Crippen LogP) is 5.24. The number of carbonyl (C=O) groups is 1. The topological polar surface area (TPSA) is 77.0 Å². The molecular weight excluding hydrogens is 414 g/mol. The lowest BCUT2D eigenvalue weighted by Crippen LogP contribution is -2.17. The number of halogens is 3. The van der Waals surface area contributed by atoms with Gasteiger partial charge in [0, 0.05) is 11.1 Å². The minimum atomic E-state index is -1.08. The summed E-state index contributed by atoms with van der Waals surface area (Å²) in [5.41, 5.74) is 1.00. The van der Waals surface area contributed by atoms with Gasteiger partial charge in [-0.05, 0) is 31.2 Å². The van der Waals surface area contributed by atoms with Gasteiger partial charge in [0.2, 0.25) is 0 Å². The van der Waals surface area contributed by atoms with Crippen molar-refractivity contribution in [3.05, 3.63) is 89.7 Å². The first-order valence-electron chi connectivity index (χ1n) is 8.61. The van der Waals surface area contributed by atoms with Gasteiger partial charge in [-0.1, -0.05) is 18.2 Å². The van der Waals surface area contributed by atoms with E-state index in [-0.39, 0.29) is 5.82 Å². The molecule has 0 aliphatic rings. The zero-order valence-corrected chi connectivity index (χ0v) is 16.5. The molecule has 0 saturated carbocycles. The molecule has 0 saturated heterocycles. The molecule has 1 amide bonds. The van der Waals surface area contributed by atoms with Crippen LogP contribution in [0.25, 0.3) is 17.0 Å². The number of hydrogen-bond acceptors (Lipinski definition) is 5. The monoisotopic (exact) mass is 428 g/mol. The number of aromatic nitrogens is 3. The SMILES string of the molecule is C=CO/C(=C\C)c1ccc(Cl)c(-c2cnc(NC(=O)c3c(F)cncc3F)cn2)c1. The Labute approximate surface area is 175 Å². The summed E-state index contributed by atoms with van der Waals surface area (Å²) in [6.45, 7) is 5.36. The fourth-order valence-electron chi connectivity index (χ4n) is 2.61. The van der Waals surface area contributed by atoms with Crippen LogP contribution in [-0.4, -0.2) is 20.9 Å². The molecule has 9 heteroatoms. The summed E-state index contributed by atoms with van der Waals surface area (Å²) < 4.78 is 32.7. The average molecular weight is 429 g/mol. The smallest absolute Gasteiger partial charge is 0.262 e. The average Bonchev–Trinajstić information content (AvgIpc) is 2.73. The molecule has 6 nitrogen and oxygen atoms in total. The number of amides is 1. The quantitative estimate of drug-likeness (QED) is 0.543. The van der Waals surface area contributed by atoms with Gasteiger partial charge in [-0.15, -0.1) is 0 Å². The van der Waals surface area contributed by atoms with Crippen molar-refractivity contribution in [3.8, 4) is 11.3 Å². The number of nitrogens with zero attached hydrogens (tertiary/aromatic N) is 3. The summed E-state index contributed by atoms with van der Waals surface area (Å²) in [6, 6.07) is 5.24. The third-order valence-corrected chi connectivity index (χ3v) is 4.30. The maximum Gasteiger partial charge on any atom is 0.262 e. The predicted molar refractivity (Wildman–Crippen MR) is 110 cm³/mol. The zero-order chi connectivity index (χ0) is 21.7. The molecule has 0 bridgehead atoms. The summed E-state index contributed by atoms with van der Waals surface area (Å²) >= 11 is 6.29. The number of ether oxygens (including phenoxy) is 1. The molecule has 1 aromatic carbocycles. The van der Waals surface area contributed by atoms with Crippen molar-refractivity contribution in [2.45, 2.75) is 6.92 Å². The zero-order valence-electron chi connectivity index (χ0n) is 15.7. The first kappa shape index (κ1) is 21.1. The Hall–Kier alpha value is -3.65. The van der Waals surface area contributed by atoms with E-state index in [0.29, 0.717) is 22.0 Å². The van der Waals surface area contributed by atoms with Crippen molar-refractivity contribution in [1.29, 1.82) is 0 Å². The third-order valence-electron chi connectivity index (χ3n) is 3.97. The Morgan fingerprint density at radius 2 is 1.90 bits per heavy atom. The van der Waals surface area contributed by atoms with Crippen LogP contribution >= 0.6 is 11.6 Å². The van der Waals surface area contributed by atoms with Gasteiger partial charge in [-0.3, -0.25) is 14.8 Å². The lowest BCUT2D eigenvalue weighted by molar-refractivity contribution is 0.101. The Bertz CT molecular complexity index is 1110. The van der Waals surface area contributed by atoms with Crippen LogP contribution in [-0.2, 0) is 4.74 Å². The first-order chi connectivity index (χ1) is 14.4. The molecule has 0 radical (unpaired) electrons. The number of nitrogens with one attached hydrogen (secondary N) is 1. The highest BCUT2D eigenvalue weighted by molar-refractivity contribution is 6.33. The highest BCUT2D eigenvalue weighted by atomic mass is 35.5. The maximum absolute atomic E-state index is 13.7. The number of rotatable bonds is 6. The van der Waals surface area contributed by atoms with Gasteiger partial charge in [-0.25, -0.2) is 13.8 Å². The standard InChI is InChI=1S/C21H15ClF2N4O2/c1-3-18(30-4-2)12-5-6-14(22)13(7-12)17-10-27-19(11-26-17)28-21(29)20-15(23)8-25-9-16(20)24/h3-11H,2H2,1H3,(H,27,28,29)/b18-3-. The van der Waals surface area contributed by atoms with Crippen LogP contribution in [0.5, 0.6) is 0 Å². The number of hydrogen-bond donors (Lipinski definition) is 1. The van der Waals surface area contributed by atoms with E-state index < -0.39 is 23.1 Å². The van der Waals surface area contributed by atoms with Crippen molar-refractivity contribution in [1.82, 2.24) is 15.0 Å². The Morgan fingerprint density at radius 3 is 2.50 bits per heavy atom. The van der Waals surface area contributed by atoms with E-state index in [0.717, 1.165) is 18.0 Å². The molecule has 0 fully saturated rings. The van der Waals surface area contributed by atoms with Crippen LogP contribution in [0.4, 0.5) is 14.6 Å². The fraction of sp³-hybridized carbons (Fsp3) is 0.0476. The lowest BCUT2D eigenvalue weighted by atomic mass is 10.1. The lowest BCUT2D eigenvalue weighted by Gasteiger charge is -2.10. The summed E-state index contributed by atoms with van der Waals surface area (Å²) in [4.78, 5) is 23.8. The van der Waals surface area contributed by atoms with E-state index in [1.807, 2.05) is 6.92 Å². The molecule has 3 aromatic rings. The van der Waals surface area contributed by atoms with Gasteiger partial charge in [0.05, 0.1) is 41.8 Å². The highest BCUT2D eigenvalue weighted by Crippen LogP contribution is 2.30. The molecule has 30 heavy (non-hydrogen) atoms. The third kappa shape index (κ3) is 4.49. The van der Waals surface area contributed by atoms with Gasteiger partial charge in [0.15, 0.2) is 17.5 Å². The number of benzene rings is 1. The van der Waals surface area contributed by atoms with E-state index in [9.17, 15) is 13.6 Å². The second kappa shape index (κ2) is 9.23. The summed E-state index contributed by atoms with van der Waals surface area (Å²) in [5, 5.41) is 2.73. The van der Waals surface area contributed by atoms with Gasteiger partial charge >= 0.3 is 0 Å². The minimum absolute atomic E-state index is 0.00998. The van der Waals surface area contributed by atoms with Crippen LogP contribution in [0.1, 0.15) is 22.8 Å². The molecule has 0 unspecified atom stereocenters. The molecule has 0 spiro atoms. The molecule has 2 aromatic heterocycles. The van der Waals surface area contributed by atoms with Crippen molar-refractivity contribution < 1.29 is 18.3 Å². The number of carbonyl (C=O) groups excluding carboxylic acids is 1. The number of anilines is 1. The second-order valence-corrected chi connectivity index (χ2v) is 6.26. The van der Waals surface area contributed by atoms with Crippen molar-refractivity contribution in [2.24, 2.45) is 0 Å². The minimum Gasteiger partial charge on any atom is -0.465 e.